The molecule has 0 fully saturated rings. The second-order valence-electron chi connectivity index (χ2n) is 7.50. The van der Waals surface area contributed by atoms with E-state index in [1.54, 1.807) is 38.4 Å². The lowest BCUT2D eigenvalue weighted by atomic mass is 9.86. The van der Waals surface area contributed by atoms with E-state index >= 15 is 0 Å². The van der Waals surface area contributed by atoms with Gasteiger partial charge in [0.1, 0.15) is 6.04 Å². The van der Waals surface area contributed by atoms with Crippen molar-refractivity contribution in [2.24, 2.45) is 11.3 Å². The molecular formula is C17H27BrN2O4S. The summed E-state index contributed by atoms with van der Waals surface area (Å²) < 4.78 is 28.3. The fourth-order valence-electron chi connectivity index (χ4n) is 2.55. The van der Waals surface area contributed by atoms with Crippen molar-refractivity contribution in [2.75, 3.05) is 6.54 Å². The molecule has 0 radical (unpaired) electrons. The van der Waals surface area contributed by atoms with E-state index in [0.29, 0.717) is 10.9 Å². The molecular weight excluding hydrogens is 408 g/mol. The van der Waals surface area contributed by atoms with Crippen molar-refractivity contribution >= 4 is 31.9 Å². The molecule has 0 bridgehead atoms. The topological polar surface area (TPSA) is 86.7 Å². The van der Waals surface area contributed by atoms with E-state index in [1.165, 1.54) is 16.4 Å². The molecule has 0 unspecified atom stereocenters. The van der Waals surface area contributed by atoms with E-state index in [-0.39, 0.29) is 17.4 Å². The van der Waals surface area contributed by atoms with Gasteiger partial charge in [0.2, 0.25) is 10.0 Å². The Morgan fingerprint density at radius 1 is 1.32 bits per heavy atom. The summed E-state index contributed by atoms with van der Waals surface area (Å²) in [4.78, 5) is 12.4. The summed E-state index contributed by atoms with van der Waals surface area (Å²) in [7, 11) is -3.93. The van der Waals surface area contributed by atoms with Gasteiger partial charge in [-0.15, -0.1) is 0 Å². The number of halogens is 1. The number of benzene rings is 1. The average Bonchev–Trinajstić information content (AvgIpc) is 2.49. The fourth-order valence-corrected chi connectivity index (χ4v) is 4.94. The van der Waals surface area contributed by atoms with Crippen LogP contribution in [0, 0.1) is 11.3 Å². The van der Waals surface area contributed by atoms with Gasteiger partial charge in [0.05, 0.1) is 4.90 Å². The highest BCUT2D eigenvalue weighted by Gasteiger charge is 2.42. The molecule has 6 nitrogen and oxygen atoms in total. The van der Waals surface area contributed by atoms with Gasteiger partial charge >= 0.3 is 0 Å². The zero-order valence-corrected chi connectivity index (χ0v) is 17.7. The van der Waals surface area contributed by atoms with Crippen molar-refractivity contribution in [3.05, 3.63) is 28.7 Å². The van der Waals surface area contributed by atoms with E-state index < -0.39 is 27.4 Å². The lowest BCUT2D eigenvalue weighted by Crippen LogP contribution is -2.55. The minimum Gasteiger partial charge on any atom is -0.289 e. The van der Waals surface area contributed by atoms with Crippen LogP contribution in [0.5, 0.6) is 0 Å². The summed E-state index contributed by atoms with van der Waals surface area (Å²) in [5.41, 5.74) is 0.915. The third-order valence-electron chi connectivity index (χ3n) is 3.80. The summed E-state index contributed by atoms with van der Waals surface area (Å²) in [5, 5.41) is 9.15. The van der Waals surface area contributed by atoms with Crippen LogP contribution in [0.25, 0.3) is 0 Å². The van der Waals surface area contributed by atoms with E-state index in [4.69, 9.17) is 5.21 Å². The third-order valence-corrected chi connectivity index (χ3v) is 6.15. The standard InChI is InChI=1S/C17H27BrN2O4S/c1-12(2)9-10-20(15(16(21)19-22)17(3,4)5)25(23,24)14-8-6-7-13(18)11-14/h6-8,11-12,15,22H,9-10H2,1-5H3,(H,19,21)/t15-/m0/s1. The van der Waals surface area contributed by atoms with Crippen LogP contribution < -0.4 is 5.48 Å². The Morgan fingerprint density at radius 3 is 2.36 bits per heavy atom. The summed E-state index contributed by atoms with van der Waals surface area (Å²) in [6, 6.07) is 5.34. The second-order valence-corrected chi connectivity index (χ2v) is 10.3. The number of amides is 1. The van der Waals surface area contributed by atoms with Crippen molar-refractivity contribution in [2.45, 2.75) is 52.0 Å². The zero-order valence-electron chi connectivity index (χ0n) is 15.3. The molecule has 8 heteroatoms. The molecule has 1 aromatic carbocycles. The van der Waals surface area contributed by atoms with Gasteiger partial charge in [-0.25, -0.2) is 13.9 Å². The molecule has 0 spiro atoms. The Balaban J connectivity index is 3.47. The minimum atomic E-state index is -3.93. The highest BCUT2D eigenvalue weighted by atomic mass is 79.9. The molecule has 0 aliphatic heterocycles. The predicted octanol–water partition coefficient (Wildman–Crippen LogP) is 3.41. The summed E-state index contributed by atoms with van der Waals surface area (Å²) in [5.74, 6) is -0.479. The minimum absolute atomic E-state index is 0.102. The molecule has 0 heterocycles. The second kappa shape index (κ2) is 8.62. The summed E-state index contributed by atoms with van der Waals surface area (Å²) >= 11 is 3.28. The maximum atomic E-state index is 13.2. The molecule has 1 aromatic rings. The van der Waals surface area contributed by atoms with Crippen LogP contribution >= 0.6 is 15.9 Å². The predicted molar refractivity (Wildman–Crippen MR) is 101 cm³/mol. The molecule has 0 aliphatic rings. The first-order valence-electron chi connectivity index (χ1n) is 8.12. The first kappa shape index (κ1) is 22.1. The van der Waals surface area contributed by atoms with Crippen LogP contribution in [0.1, 0.15) is 41.0 Å². The number of carbonyl (C=O) groups is 1. The number of hydrogen-bond donors (Lipinski definition) is 2. The van der Waals surface area contributed by atoms with Gasteiger partial charge < -0.3 is 0 Å². The SMILES string of the molecule is CC(C)CCN([C@@H](C(=O)NO)C(C)(C)C)S(=O)(=O)c1cccc(Br)c1. The molecule has 1 amide bonds. The maximum Gasteiger partial charge on any atom is 0.262 e. The Bertz CT molecular complexity index is 699. The number of sulfonamides is 1. The molecule has 142 valence electrons. The maximum absolute atomic E-state index is 13.2. The van der Waals surface area contributed by atoms with Crippen LogP contribution in [0.2, 0.25) is 0 Å². The van der Waals surface area contributed by atoms with E-state index in [0.717, 1.165) is 0 Å². The Hall–Kier alpha value is -0.960. The molecule has 0 saturated carbocycles. The first-order valence-corrected chi connectivity index (χ1v) is 10.4. The van der Waals surface area contributed by atoms with Crippen LogP contribution in [0.4, 0.5) is 0 Å². The Kier molecular flexibility index (Phi) is 7.61. The lowest BCUT2D eigenvalue weighted by Gasteiger charge is -2.37. The number of carbonyl (C=O) groups excluding carboxylic acids is 1. The van der Waals surface area contributed by atoms with E-state index in [2.05, 4.69) is 15.9 Å². The van der Waals surface area contributed by atoms with Crippen molar-refractivity contribution in [3.63, 3.8) is 0 Å². The molecule has 0 aliphatic carbocycles. The molecule has 1 rings (SSSR count). The highest BCUT2D eigenvalue weighted by molar-refractivity contribution is 9.10. The molecule has 0 aromatic heterocycles. The largest absolute Gasteiger partial charge is 0.289 e. The van der Waals surface area contributed by atoms with Gasteiger partial charge in [-0.1, -0.05) is 56.6 Å². The Labute approximate surface area is 158 Å². The number of nitrogens with one attached hydrogen (secondary N) is 1. The normalized spacial score (nSPS) is 14.0. The third kappa shape index (κ3) is 5.77. The fraction of sp³-hybridized carbons (Fsp3) is 0.588. The van der Waals surface area contributed by atoms with E-state index in [9.17, 15) is 13.2 Å². The quantitative estimate of drug-likeness (QED) is 0.508. The van der Waals surface area contributed by atoms with Gasteiger partial charge in [-0.3, -0.25) is 10.0 Å². The molecule has 1 atom stereocenters. The van der Waals surface area contributed by atoms with Crippen LogP contribution in [0.3, 0.4) is 0 Å². The van der Waals surface area contributed by atoms with Crippen molar-refractivity contribution in [1.82, 2.24) is 9.79 Å². The number of nitrogens with zero attached hydrogens (tertiary/aromatic N) is 1. The summed E-state index contributed by atoms with van der Waals surface area (Å²) in [6.07, 6.45) is 0.596. The smallest absolute Gasteiger partial charge is 0.262 e. The molecule has 0 saturated heterocycles. The van der Waals surface area contributed by atoms with Crippen molar-refractivity contribution in [1.29, 1.82) is 0 Å². The molecule has 25 heavy (non-hydrogen) atoms. The number of rotatable bonds is 7. The van der Waals surface area contributed by atoms with Gasteiger partial charge in [0, 0.05) is 11.0 Å². The molecule has 2 N–H and O–H groups in total. The Morgan fingerprint density at radius 2 is 1.92 bits per heavy atom. The van der Waals surface area contributed by atoms with Gasteiger partial charge in [0.25, 0.3) is 5.91 Å². The van der Waals surface area contributed by atoms with E-state index in [1.807, 2.05) is 13.8 Å². The summed E-state index contributed by atoms with van der Waals surface area (Å²) in [6.45, 7) is 9.47. The van der Waals surface area contributed by atoms with Crippen LogP contribution in [-0.2, 0) is 14.8 Å². The van der Waals surface area contributed by atoms with Gasteiger partial charge in [0.15, 0.2) is 0 Å². The lowest BCUT2D eigenvalue weighted by molar-refractivity contribution is -0.136. The average molecular weight is 435 g/mol. The number of hydrogen-bond acceptors (Lipinski definition) is 4. The van der Waals surface area contributed by atoms with Crippen molar-refractivity contribution < 1.29 is 18.4 Å². The first-order chi connectivity index (χ1) is 11.4. The number of hydroxylamine groups is 1. The van der Waals surface area contributed by atoms with Crippen LogP contribution in [0.15, 0.2) is 33.6 Å². The monoisotopic (exact) mass is 434 g/mol. The zero-order chi connectivity index (χ0) is 19.4. The van der Waals surface area contributed by atoms with Crippen molar-refractivity contribution in [3.8, 4) is 0 Å². The van der Waals surface area contributed by atoms with Gasteiger partial charge in [-0.05, 0) is 36.0 Å². The highest BCUT2D eigenvalue weighted by Crippen LogP contribution is 2.31. The van der Waals surface area contributed by atoms with Crippen LogP contribution in [-0.4, -0.2) is 36.4 Å². The van der Waals surface area contributed by atoms with Gasteiger partial charge in [-0.2, -0.15) is 4.31 Å².